The van der Waals surface area contributed by atoms with Gasteiger partial charge in [0, 0.05) is 36.6 Å². The lowest BCUT2D eigenvalue weighted by Crippen LogP contribution is -2.25. The molecule has 1 aromatic carbocycles. The lowest BCUT2D eigenvalue weighted by Gasteiger charge is -2.15. The largest absolute Gasteiger partial charge is 0.385 e. The Kier molecular flexibility index (Phi) is 10.2. The Labute approximate surface area is 160 Å². The molecule has 3 N–H and O–H groups in total. The predicted molar refractivity (Wildman–Crippen MR) is 114 cm³/mol. The third-order valence-electron chi connectivity index (χ3n) is 4.30. The van der Waals surface area contributed by atoms with Crippen molar-refractivity contribution < 1.29 is 4.79 Å². The van der Waals surface area contributed by atoms with Crippen molar-refractivity contribution in [3.8, 4) is 0 Å². The number of benzene rings is 1. The van der Waals surface area contributed by atoms with Crippen LogP contribution in [0, 0.1) is 17.8 Å². The van der Waals surface area contributed by atoms with E-state index >= 15 is 0 Å². The van der Waals surface area contributed by atoms with Gasteiger partial charge < -0.3 is 16.0 Å². The fourth-order valence-electron chi connectivity index (χ4n) is 2.55. The molecule has 0 atom stereocenters. The van der Waals surface area contributed by atoms with Crippen molar-refractivity contribution in [2.45, 2.75) is 60.8 Å². The quantitative estimate of drug-likeness (QED) is 0.468. The van der Waals surface area contributed by atoms with Gasteiger partial charge in [-0.3, -0.25) is 4.79 Å². The Balaban J connectivity index is 2.79. The maximum atomic E-state index is 12.5. The smallest absolute Gasteiger partial charge is 0.251 e. The fraction of sp³-hybridized carbons (Fsp3) is 0.682. The number of carbonyl (C=O) groups excluding carboxylic acids is 1. The number of anilines is 2. The van der Waals surface area contributed by atoms with Gasteiger partial charge in [0.25, 0.3) is 5.91 Å². The van der Waals surface area contributed by atoms with Gasteiger partial charge in [-0.25, -0.2) is 0 Å². The molecule has 0 aliphatic rings. The Morgan fingerprint density at radius 2 is 1.15 bits per heavy atom. The predicted octanol–water partition coefficient (Wildman–Crippen LogP) is 5.38. The van der Waals surface area contributed by atoms with E-state index in [4.69, 9.17) is 0 Å². The molecule has 4 nitrogen and oxygen atoms in total. The molecule has 1 aromatic rings. The average Bonchev–Trinajstić information content (AvgIpc) is 2.53. The zero-order valence-corrected chi connectivity index (χ0v) is 17.6. The Hall–Kier alpha value is -1.71. The topological polar surface area (TPSA) is 53.2 Å². The normalized spacial score (nSPS) is 11.3. The Morgan fingerprint density at radius 1 is 0.731 bits per heavy atom. The molecule has 148 valence electrons. The minimum atomic E-state index is 0.00469. The van der Waals surface area contributed by atoms with Crippen LogP contribution in [0.5, 0.6) is 0 Å². The lowest BCUT2D eigenvalue weighted by atomic mass is 10.1. The van der Waals surface area contributed by atoms with E-state index in [0.29, 0.717) is 17.8 Å². The van der Waals surface area contributed by atoms with Gasteiger partial charge >= 0.3 is 0 Å². The van der Waals surface area contributed by atoms with Crippen molar-refractivity contribution in [3.63, 3.8) is 0 Å². The summed E-state index contributed by atoms with van der Waals surface area (Å²) in [6.07, 6.45) is 3.22. The van der Waals surface area contributed by atoms with Crippen molar-refractivity contribution in [1.29, 1.82) is 0 Å². The molecule has 0 aromatic heterocycles. The van der Waals surface area contributed by atoms with Crippen LogP contribution in [0.4, 0.5) is 11.4 Å². The molecule has 0 aliphatic heterocycles. The molecule has 0 fully saturated rings. The number of hydrogen-bond donors (Lipinski definition) is 3. The first-order chi connectivity index (χ1) is 12.3. The fourth-order valence-corrected chi connectivity index (χ4v) is 2.55. The number of nitrogens with one attached hydrogen (secondary N) is 3. The number of amides is 1. The monoisotopic (exact) mass is 361 g/mol. The number of carbonyl (C=O) groups is 1. The van der Waals surface area contributed by atoms with Crippen LogP contribution < -0.4 is 16.0 Å². The van der Waals surface area contributed by atoms with E-state index in [9.17, 15) is 4.79 Å². The molecule has 0 heterocycles. The van der Waals surface area contributed by atoms with E-state index in [1.807, 2.05) is 12.1 Å². The van der Waals surface area contributed by atoms with Crippen molar-refractivity contribution in [2.75, 3.05) is 30.3 Å². The molecule has 0 bridgehead atoms. The van der Waals surface area contributed by atoms with E-state index < -0.39 is 0 Å². The van der Waals surface area contributed by atoms with Gasteiger partial charge in [0.2, 0.25) is 0 Å². The SMILES string of the molecule is CC(C)CCNC(=O)c1cc(NCCC(C)C)cc(NCCC(C)C)c1. The highest BCUT2D eigenvalue weighted by Gasteiger charge is 2.09. The summed E-state index contributed by atoms with van der Waals surface area (Å²) in [5.74, 6) is 1.92. The third-order valence-corrected chi connectivity index (χ3v) is 4.30. The van der Waals surface area contributed by atoms with Crippen LogP contribution in [0.2, 0.25) is 0 Å². The molecule has 0 spiro atoms. The summed E-state index contributed by atoms with van der Waals surface area (Å²) < 4.78 is 0. The summed E-state index contributed by atoms with van der Waals surface area (Å²) in [6.45, 7) is 15.8. The molecule has 0 radical (unpaired) electrons. The molecule has 26 heavy (non-hydrogen) atoms. The first-order valence-corrected chi connectivity index (χ1v) is 10.2. The third kappa shape index (κ3) is 9.69. The van der Waals surface area contributed by atoms with Gasteiger partial charge in [-0.05, 0) is 55.2 Å². The first-order valence-electron chi connectivity index (χ1n) is 10.2. The molecule has 0 saturated heterocycles. The summed E-state index contributed by atoms with van der Waals surface area (Å²) in [5.41, 5.74) is 2.73. The van der Waals surface area contributed by atoms with Crippen molar-refractivity contribution in [3.05, 3.63) is 23.8 Å². The standard InChI is InChI=1S/C22H39N3O/c1-16(2)7-10-23-20-13-19(22(26)25-12-9-18(5)6)14-21(15-20)24-11-8-17(3)4/h13-18,23-24H,7-12H2,1-6H3,(H,25,26). The summed E-state index contributed by atoms with van der Waals surface area (Å²) in [5, 5.41) is 9.97. The zero-order valence-electron chi connectivity index (χ0n) is 17.6. The average molecular weight is 362 g/mol. The first kappa shape index (κ1) is 22.3. The molecule has 0 unspecified atom stereocenters. The summed E-state index contributed by atoms with van der Waals surface area (Å²) in [6, 6.07) is 6.02. The zero-order chi connectivity index (χ0) is 19.5. The second-order valence-corrected chi connectivity index (χ2v) is 8.46. The van der Waals surface area contributed by atoms with Gasteiger partial charge in [-0.1, -0.05) is 41.5 Å². The minimum Gasteiger partial charge on any atom is -0.385 e. The van der Waals surface area contributed by atoms with E-state index in [0.717, 1.165) is 55.8 Å². The van der Waals surface area contributed by atoms with Crippen LogP contribution in [0.15, 0.2) is 18.2 Å². The Bertz CT molecular complexity index is 506. The molecule has 4 heteroatoms. The second kappa shape index (κ2) is 11.8. The van der Waals surface area contributed by atoms with Gasteiger partial charge in [-0.2, -0.15) is 0 Å². The van der Waals surface area contributed by atoms with E-state index in [2.05, 4.69) is 63.6 Å². The molecule has 0 aliphatic carbocycles. The molecular formula is C22H39N3O. The van der Waals surface area contributed by atoms with Gasteiger partial charge in [0.05, 0.1) is 0 Å². The highest BCUT2D eigenvalue weighted by atomic mass is 16.1. The highest BCUT2D eigenvalue weighted by molar-refractivity contribution is 5.96. The number of rotatable bonds is 12. The van der Waals surface area contributed by atoms with Crippen molar-refractivity contribution in [1.82, 2.24) is 5.32 Å². The van der Waals surface area contributed by atoms with Crippen LogP contribution in [0.1, 0.15) is 71.2 Å². The Morgan fingerprint density at radius 3 is 1.58 bits per heavy atom. The van der Waals surface area contributed by atoms with Crippen LogP contribution in [0.3, 0.4) is 0 Å². The summed E-state index contributed by atoms with van der Waals surface area (Å²) in [7, 11) is 0. The molecule has 0 saturated carbocycles. The summed E-state index contributed by atoms with van der Waals surface area (Å²) >= 11 is 0. The van der Waals surface area contributed by atoms with Crippen LogP contribution >= 0.6 is 0 Å². The number of hydrogen-bond acceptors (Lipinski definition) is 3. The summed E-state index contributed by atoms with van der Waals surface area (Å²) in [4.78, 5) is 12.5. The van der Waals surface area contributed by atoms with Gasteiger partial charge in [0.15, 0.2) is 0 Å². The molecule has 1 rings (SSSR count). The van der Waals surface area contributed by atoms with E-state index in [1.54, 1.807) is 0 Å². The lowest BCUT2D eigenvalue weighted by molar-refractivity contribution is 0.0952. The molecule has 1 amide bonds. The maximum Gasteiger partial charge on any atom is 0.251 e. The van der Waals surface area contributed by atoms with Crippen molar-refractivity contribution in [2.24, 2.45) is 17.8 Å². The van der Waals surface area contributed by atoms with Crippen LogP contribution in [-0.4, -0.2) is 25.5 Å². The van der Waals surface area contributed by atoms with Gasteiger partial charge in [-0.15, -0.1) is 0 Å². The van der Waals surface area contributed by atoms with E-state index in [-0.39, 0.29) is 5.91 Å². The maximum absolute atomic E-state index is 12.5. The molecular weight excluding hydrogens is 322 g/mol. The van der Waals surface area contributed by atoms with E-state index in [1.165, 1.54) is 0 Å². The van der Waals surface area contributed by atoms with Gasteiger partial charge in [0.1, 0.15) is 0 Å². The van der Waals surface area contributed by atoms with Crippen molar-refractivity contribution >= 4 is 17.3 Å². The highest BCUT2D eigenvalue weighted by Crippen LogP contribution is 2.20. The second-order valence-electron chi connectivity index (χ2n) is 8.46. The van der Waals surface area contributed by atoms with Crippen LogP contribution in [-0.2, 0) is 0 Å². The van der Waals surface area contributed by atoms with Crippen LogP contribution in [0.25, 0.3) is 0 Å². The minimum absolute atomic E-state index is 0.00469.